The van der Waals surface area contributed by atoms with Gasteiger partial charge in [-0.2, -0.15) is 0 Å². The zero-order chi connectivity index (χ0) is 13.8. The zero-order valence-electron chi connectivity index (χ0n) is 9.61. The molecule has 0 saturated heterocycles. The topological polar surface area (TPSA) is 59.8 Å². The van der Waals surface area contributed by atoms with Crippen LogP contribution in [0.3, 0.4) is 0 Å². The summed E-state index contributed by atoms with van der Waals surface area (Å²) >= 11 is 2.96. The molecule has 1 N–H and O–H groups in total. The maximum Gasteiger partial charge on any atom is 0.226 e. The van der Waals surface area contributed by atoms with Gasteiger partial charge >= 0.3 is 0 Å². The largest absolute Gasteiger partial charge is 0.321 e. The van der Waals surface area contributed by atoms with Crippen molar-refractivity contribution in [3.63, 3.8) is 0 Å². The molecule has 19 heavy (non-hydrogen) atoms. The Balaban J connectivity index is 1.99. The first-order chi connectivity index (χ1) is 9.06. The fourth-order valence-corrected chi connectivity index (χ4v) is 1.83. The average Bonchev–Trinajstić information content (AvgIpc) is 2.84. The van der Waals surface area contributed by atoms with Gasteiger partial charge in [0.2, 0.25) is 5.91 Å². The van der Waals surface area contributed by atoms with Crippen LogP contribution < -0.4 is 5.32 Å². The number of nitrogens with one attached hydrogen (secondary N) is 1. The van der Waals surface area contributed by atoms with Gasteiger partial charge < -0.3 is 5.32 Å². The van der Waals surface area contributed by atoms with Gasteiger partial charge in [0.15, 0.2) is 11.6 Å². The van der Waals surface area contributed by atoms with Gasteiger partial charge in [0.25, 0.3) is 0 Å². The molecule has 0 fully saturated rings. The molecule has 0 aliphatic carbocycles. The molecule has 8 heteroatoms. The summed E-state index contributed by atoms with van der Waals surface area (Å²) in [5, 5.41) is 9.45. The summed E-state index contributed by atoms with van der Waals surface area (Å²) in [4.78, 5) is 11.6. The third-order valence-corrected chi connectivity index (χ3v) is 2.77. The molecule has 0 spiro atoms. The minimum atomic E-state index is -0.832. The first-order valence-corrected chi connectivity index (χ1v) is 6.14. The highest BCUT2D eigenvalue weighted by Crippen LogP contribution is 2.23. The summed E-state index contributed by atoms with van der Waals surface area (Å²) in [5.41, 5.74) is -0.452. The van der Waals surface area contributed by atoms with E-state index >= 15 is 0 Å². The fraction of sp³-hybridized carbons (Fsp3) is 0.182. The normalized spacial score (nSPS) is 10.5. The Labute approximate surface area is 115 Å². The van der Waals surface area contributed by atoms with Crippen LogP contribution in [-0.2, 0) is 11.3 Å². The summed E-state index contributed by atoms with van der Waals surface area (Å²) in [6, 6.07) is 2.16. The lowest BCUT2D eigenvalue weighted by Crippen LogP contribution is -2.16. The molecule has 0 aliphatic rings. The highest BCUT2D eigenvalue weighted by molar-refractivity contribution is 9.10. The number of carbonyl (C=O) groups excluding carboxylic acids is 1. The second kappa shape index (κ2) is 5.87. The Kier molecular flexibility index (Phi) is 4.20. The first kappa shape index (κ1) is 13.6. The van der Waals surface area contributed by atoms with Gasteiger partial charge in [-0.1, -0.05) is 21.1 Å². The Morgan fingerprint density at radius 1 is 1.37 bits per heavy atom. The molecule has 0 radical (unpaired) electrons. The number of nitrogens with zero attached hydrogens (tertiary/aromatic N) is 3. The van der Waals surface area contributed by atoms with Crippen molar-refractivity contribution in [1.29, 1.82) is 0 Å². The monoisotopic (exact) mass is 330 g/mol. The number of carbonyl (C=O) groups is 1. The van der Waals surface area contributed by atoms with Gasteiger partial charge in [-0.05, 0) is 12.1 Å². The second-order valence-electron chi connectivity index (χ2n) is 3.71. The van der Waals surface area contributed by atoms with E-state index in [0.29, 0.717) is 0 Å². The average molecular weight is 331 g/mol. The van der Waals surface area contributed by atoms with Crippen LogP contribution in [0.5, 0.6) is 0 Å². The van der Waals surface area contributed by atoms with Crippen LogP contribution >= 0.6 is 15.9 Å². The standard InChI is InChI=1S/C11H9BrF2N4O/c12-7-5-8(13)11(9(14)6-7)16-10(19)1-3-18-4-2-15-17-18/h2,4-6H,1,3H2,(H,16,19). The van der Waals surface area contributed by atoms with E-state index in [4.69, 9.17) is 0 Å². The third-order valence-electron chi connectivity index (χ3n) is 2.31. The summed E-state index contributed by atoms with van der Waals surface area (Å²) in [7, 11) is 0. The van der Waals surface area contributed by atoms with E-state index in [9.17, 15) is 13.6 Å². The Morgan fingerprint density at radius 2 is 2.05 bits per heavy atom. The second-order valence-corrected chi connectivity index (χ2v) is 4.62. The van der Waals surface area contributed by atoms with Crippen molar-refractivity contribution in [2.24, 2.45) is 0 Å². The molecule has 5 nitrogen and oxygen atoms in total. The highest BCUT2D eigenvalue weighted by atomic mass is 79.9. The van der Waals surface area contributed by atoms with E-state index in [-0.39, 0.29) is 17.4 Å². The predicted octanol–water partition coefficient (Wildman–Crippen LogP) is 2.35. The molecule has 1 amide bonds. The zero-order valence-corrected chi connectivity index (χ0v) is 11.2. The van der Waals surface area contributed by atoms with E-state index in [0.717, 1.165) is 12.1 Å². The van der Waals surface area contributed by atoms with Crippen molar-refractivity contribution in [3.05, 3.63) is 40.6 Å². The van der Waals surface area contributed by atoms with E-state index in [2.05, 4.69) is 31.6 Å². The molecular weight excluding hydrogens is 322 g/mol. The Morgan fingerprint density at radius 3 is 2.63 bits per heavy atom. The van der Waals surface area contributed by atoms with Crippen LogP contribution in [0.4, 0.5) is 14.5 Å². The minimum Gasteiger partial charge on any atom is -0.321 e. The first-order valence-electron chi connectivity index (χ1n) is 5.35. The number of aryl methyl sites for hydroxylation is 1. The maximum atomic E-state index is 13.5. The SMILES string of the molecule is O=C(CCn1ccnn1)Nc1c(F)cc(Br)cc1F. The minimum absolute atomic E-state index is 0.0400. The number of anilines is 1. The number of hydrogen-bond acceptors (Lipinski definition) is 3. The van der Waals surface area contributed by atoms with Crippen LogP contribution in [0.2, 0.25) is 0 Å². The van der Waals surface area contributed by atoms with Crippen molar-refractivity contribution in [3.8, 4) is 0 Å². The lowest BCUT2D eigenvalue weighted by Gasteiger charge is -2.08. The molecule has 0 bridgehead atoms. The van der Waals surface area contributed by atoms with Gasteiger partial charge in [-0.3, -0.25) is 9.48 Å². The number of hydrogen-bond donors (Lipinski definition) is 1. The van der Waals surface area contributed by atoms with Crippen LogP contribution in [-0.4, -0.2) is 20.9 Å². The van der Waals surface area contributed by atoms with E-state index in [1.165, 1.54) is 10.9 Å². The van der Waals surface area contributed by atoms with Crippen LogP contribution in [0.25, 0.3) is 0 Å². The molecule has 0 aliphatic heterocycles. The molecule has 0 atom stereocenters. The van der Waals surface area contributed by atoms with Crippen molar-refractivity contribution in [2.75, 3.05) is 5.32 Å². The predicted molar refractivity (Wildman–Crippen MR) is 67.3 cm³/mol. The molecule has 2 aromatic rings. The Hall–Kier alpha value is -1.83. The lowest BCUT2D eigenvalue weighted by molar-refractivity contribution is -0.116. The van der Waals surface area contributed by atoms with Crippen molar-refractivity contribution < 1.29 is 13.6 Å². The van der Waals surface area contributed by atoms with E-state index in [1.807, 2.05) is 0 Å². The Bertz CT molecular complexity index is 565. The fourth-order valence-electron chi connectivity index (χ4n) is 1.43. The quantitative estimate of drug-likeness (QED) is 0.936. The van der Waals surface area contributed by atoms with Crippen molar-refractivity contribution in [2.45, 2.75) is 13.0 Å². The summed E-state index contributed by atoms with van der Waals surface area (Å²) in [6.07, 6.45) is 3.11. The van der Waals surface area contributed by atoms with Crippen LogP contribution in [0.1, 0.15) is 6.42 Å². The van der Waals surface area contributed by atoms with Gasteiger partial charge in [-0.25, -0.2) is 8.78 Å². The molecule has 0 unspecified atom stereocenters. The molecule has 2 rings (SSSR count). The summed E-state index contributed by atoms with van der Waals surface area (Å²) in [5.74, 6) is -2.17. The molecule has 0 saturated carbocycles. The number of aromatic nitrogens is 3. The maximum absolute atomic E-state index is 13.5. The molecule has 100 valence electrons. The van der Waals surface area contributed by atoms with E-state index < -0.39 is 23.2 Å². The van der Waals surface area contributed by atoms with Gasteiger partial charge in [0, 0.05) is 17.1 Å². The highest BCUT2D eigenvalue weighted by Gasteiger charge is 2.13. The molecule has 1 aromatic heterocycles. The number of rotatable bonds is 4. The van der Waals surface area contributed by atoms with E-state index in [1.54, 1.807) is 6.20 Å². The van der Waals surface area contributed by atoms with Crippen molar-refractivity contribution in [1.82, 2.24) is 15.0 Å². The van der Waals surface area contributed by atoms with Crippen LogP contribution in [0, 0.1) is 11.6 Å². The number of halogens is 3. The smallest absolute Gasteiger partial charge is 0.226 e. The van der Waals surface area contributed by atoms with Crippen LogP contribution in [0.15, 0.2) is 29.0 Å². The molecule has 1 heterocycles. The number of amides is 1. The van der Waals surface area contributed by atoms with Gasteiger partial charge in [0.1, 0.15) is 5.69 Å². The third kappa shape index (κ3) is 3.57. The lowest BCUT2D eigenvalue weighted by atomic mass is 10.2. The summed E-state index contributed by atoms with van der Waals surface area (Å²) in [6.45, 7) is 0.283. The van der Waals surface area contributed by atoms with Gasteiger partial charge in [0.05, 0.1) is 12.7 Å². The van der Waals surface area contributed by atoms with Gasteiger partial charge in [-0.15, -0.1) is 5.10 Å². The molecular formula is C11H9BrF2N4O. The van der Waals surface area contributed by atoms with Crippen molar-refractivity contribution >= 4 is 27.5 Å². The molecule has 1 aromatic carbocycles. The summed E-state index contributed by atoms with van der Waals surface area (Å²) < 4.78 is 28.7. The number of benzene rings is 1.